The highest BCUT2D eigenvalue weighted by Gasteiger charge is 2.29. The summed E-state index contributed by atoms with van der Waals surface area (Å²) >= 11 is 5.91. The van der Waals surface area contributed by atoms with Crippen LogP contribution < -0.4 is 20.7 Å². The molecule has 2 aromatic carbocycles. The van der Waals surface area contributed by atoms with Crippen molar-refractivity contribution < 1.29 is 19.1 Å². The van der Waals surface area contributed by atoms with Crippen LogP contribution in [0.25, 0.3) is 0 Å². The van der Waals surface area contributed by atoms with E-state index in [1.54, 1.807) is 62.4 Å². The molecule has 0 unspecified atom stereocenters. The predicted octanol–water partition coefficient (Wildman–Crippen LogP) is 9.42. The molecule has 0 aliphatic rings. The van der Waals surface area contributed by atoms with E-state index in [2.05, 4.69) is 95.8 Å². The van der Waals surface area contributed by atoms with Crippen molar-refractivity contribution in [3.63, 3.8) is 0 Å². The van der Waals surface area contributed by atoms with E-state index in [1.807, 2.05) is 0 Å². The lowest BCUT2D eigenvalue weighted by Gasteiger charge is -2.25. The van der Waals surface area contributed by atoms with Crippen molar-refractivity contribution in [3.05, 3.63) is 138 Å². The van der Waals surface area contributed by atoms with Gasteiger partial charge < -0.3 is 20.7 Å². The molecule has 2 rings (SSSR count). The van der Waals surface area contributed by atoms with Gasteiger partial charge >= 0.3 is 0 Å². The average Bonchev–Trinajstić information content (AvgIpc) is 3.13. The number of carbonyl (C=O) groups is 3. The fourth-order valence-electron chi connectivity index (χ4n) is 4.77. The first-order valence-corrected chi connectivity index (χ1v) is 18.9. The van der Waals surface area contributed by atoms with Crippen LogP contribution in [-0.4, -0.2) is 49.4 Å². The summed E-state index contributed by atoms with van der Waals surface area (Å²) < 4.78 is 5.93. The van der Waals surface area contributed by atoms with Gasteiger partial charge in [0.15, 0.2) is 11.4 Å². The Balaban J connectivity index is 1.45. The Labute approximate surface area is 317 Å². The average molecular weight is 728 g/mol. The fourth-order valence-corrected chi connectivity index (χ4v) is 4.90. The van der Waals surface area contributed by atoms with Crippen molar-refractivity contribution in [2.24, 2.45) is 0 Å². The minimum absolute atomic E-state index is 0.0404. The van der Waals surface area contributed by atoms with E-state index in [1.165, 1.54) is 0 Å². The maximum Gasteiger partial charge on any atom is 0.263 e. The molecule has 0 aliphatic heterocycles. The molecule has 0 saturated heterocycles. The summed E-state index contributed by atoms with van der Waals surface area (Å²) in [6.07, 6.45) is 33.8. The van der Waals surface area contributed by atoms with Crippen LogP contribution >= 0.6 is 11.6 Å². The van der Waals surface area contributed by atoms with Crippen LogP contribution in [0.3, 0.4) is 0 Å². The van der Waals surface area contributed by atoms with Gasteiger partial charge in [0.25, 0.3) is 5.91 Å². The van der Waals surface area contributed by atoms with Crippen molar-refractivity contribution in [1.29, 1.82) is 0 Å². The lowest BCUT2D eigenvalue weighted by molar-refractivity contribution is -0.134. The summed E-state index contributed by atoms with van der Waals surface area (Å²) in [4.78, 5) is 37.5. The van der Waals surface area contributed by atoms with E-state index in [0.29, 0.717) is 54.5 Å². The second kappa shape index (κ2) is 27.2. The summed E-state index contributed by atoms with van der Waals surface area (Å²) in [5, 5.41) is 9.71. The molecule has 0 spiro atoms. The molecule has 2 aromatic rings. The van der Waals surface area contributed by atoms with Gasteiger partial charge in [-0.25, -0.2) is 0 Å². The normalized spacial score (nSPS) is 12.3. The first-order valence-electron chi connectivity index (χ1n) is 18.5. The largest absolute Gasteiger partial charge is 0.478 e. The van der Waals surface area contributed by atoms with Crippen LogP contribution in [0.15, 0.2) is 121 Å². The molecular formula is C44H58ClN3O4. The minimum atomic E-state index is -1.09. The van der Waals surface area contributed by atoms with E-state index < -0.39 is 5.60 Å². The molecule has 0 aromatic heterocycles. The Kier molecular flexibility index (Phi) is 22.9. The molecule has 0 fully saturated rings. The van der Waals surface area contributed by atoms with Crippen LogP contribution in [-0.2, 0) is 9.59 Å². The summed E-state index contributed by atoms with van der Waals surface area (Å²) in [6.45, 7) is 7.97. The van der Waals surface area contributed by atoms with Gasteiger partial charge in [-0.05, 0) is 120 Å². The molecule has 7 nitrogen and oxygen atoms in total. The molecule has 280 valence electrons. The smallest absolute Gasteiger partial charge is 0.263 e. The Hall–Kier alpha value is -4.46. The maximum absolute atomic E-state index is 12.8. The molecule has 0 heterocycles. The molecule has 8 heteroatoms. The second-order valence-electron chi connectivity index (χ2n) is 12.6. The molecule has 0 radical (unpaired) electrons. The molecule has 52 heavy (non-hydrogen) atoms. The Morgan fingerprint density at radius 1 is 0.635 bits per heavy atom. The minimum Gasteiger partial charge on any atom is -0.478 e. The van der Waals surface area contributed by atoms with Crippen LogP contribution in [0.2, 0.25) is 5.02 Å². The highest BCUT2D eigenvalue weighted by molar-refractivity contribution is 6.30. The van der Waals surface area contributed by atoms with Gasteiger partial charge in [-0.2, -0.15) is 0 Å². The first kappa shape index (κ1) is 43.7. The SMILES string of the molecule is CC/C=C\C/C=C\C/C=C\C/C=C\C/C=C\C/C=C\CCC(=O)NCCNCCCNC(=O)C(C)(C)Oc1ccc(C(=O)c2ccc(Cl)cc2)cc1. The van der Waals surface area contributed by atoms with Crippen molar-refractivity contribution in [2.45, 2.75) is 84.2 Å². The summed E-state index contributed by atoms with van der Waals surface area (Å²) in [7, 11) is 0. The van der Waals surface area contributed by atoms with Crippen LogP contribution in [0.4, 0.5) is 0 Å². The van der Waals surface area contributed by atoms with E-state index in [4.69, 9.17) is 16.3 Å². The predicted molar refractivity (Wildman–Crippen MR) is 217 cm³/mol. The van der Waals surface area contributed by atoms with Crippen molar-refractivity contribution >= 4 is 29.2 Å². The molecule has 0 aliphatic carbocycles. The van der Waals surface area contributed by atoms with E-state index in [9.17, 15) is 14.4 Å². The van der Waals surface area contributed by atoms with Crippen LogP contribution in [0.1, 0.15) is 94.5 Å². The molecule has 0 bridgehead atoms. The van der Waals surface area contributed by atoms with Gasteiger partial charge in [0, 0.05) is 42.2 Å². The third-order valence-electron chi connectivity index (χ3n) is 7.72. The number of amides is 2. The van der Waals surface area contributed by atoms with Gasteiger partial charge in [0.2, 0.25) is 5.91 Å². The zero-order chi connectivity index (χ0) is 37.7. The summed E-state index contributed by atoms with van der Waals surface area (Å²) in [6, 6.07) is 13.5. The van der Waals surface area contributed by atoms with Gasteiger partial charge in [0.1, 0.15) is 5.75 Å². The third-order valence-corrected chi connectivity index (χ3v) is 7.97. The standard InChI is InChI=1S/C44H58ClN3O4/c1-4-5-6-7-8-9-10-11-12-13-14-15-16-17-18-19-20-21-22-24-41(49)47-36-35-46-33-23-34-48-43(51)44(2,3)52-40-31-27-38(28-32-40)42(50)37-25-29-39(45)30-26-37/h5-6,8-9,11-12,14-15,17-18,20-21,25-32,46H,4,7,10,13,16,19,22-24,33-36H2,1-3H3,(H,47,49)(H,48,51)/b6-5-,9-8-,12-11-,15-14-,18-17-,21-20-. The van der Waals surface area contributed by atoms with Crippen molar-refractivity contribution in [2.75, 3.05) is 26.2 Å². The number of ether oxygens (including phenoxy) is 1. The lowest BCUT2D eigenvalue weighted by Crippen LogP contribution is -2.47. The molecule has 0 atom stereocenters. The van der Waals surface area contributed by atoms with Gasteiger partial charge in [0.05, 0.1) is 0 Å². The molecule has 3 N–H and O–H groups in total. The van der Waals surface area contributed by atoms with Crippen LogP contribution in [0.5, 0.6) is 5.75 Å². The van der Waals surface area contributed by atoms with Crippen molar-refractivity contribution in [1.82, 2.24) is 16.0 Å². The number of rotatable bonds is 26. The summed E-state index contributed by atoms with van der Waals surface area (Å²) in [5.41, 5.74) is -0.0286. The second-order valence-corrected chi connectivity index (χ2v) is 13.1. The van der Waals surface area contributed by atoms with Crippen molar-refractivity contribution in [3.8, 4) is 5.75 Å². The first-order chi connectivity index (χ1) is 25.2. The van der Waals surface area contributed by atoms with Crippen LogP contribution in [0, 0.1) is 0 Å². The Morgan fingerprint density at radius 2 is 1.13 bits per heavy atom. The number of nitrogens with one attached hydrogen (secondary N) is 3. The quantitative estimate of drug-likeness (QED) is 0.0510. The lowest BCUT2D eigenvalue weighted by atomic mass is 10.0. The maximum atomic E-state index is 12.8. The third kappa shape index (κ3) is 20.4. The summed E-state index contributed by atoms with van der Waals surface area (Å²) in [5.74, 6) is 0.188. The van der Waals surface area contributed by atoms with Gasteiger partial charge in [-0.1, -0.05) is 91.4 Å². The zero-order valence-corrected chi connectivity index (χ0v) is 32.0. The number of hydrogen-bond acceptors (Lipinski definition) is 5. The highest BCUT2D eigenvalue weighted by atomic mass is 35.5. The molecule has 0 saturated carbocycles. The Morgan fingerprint density at radius 3 is 1.67 bits per heavy atom. The zero-order valence-electron chi connectivity index (χ0n) is 31.3. The Bertz CT molecular complexity index is 1500. The number of hydrogen-bond donors (Lipinski definition) is 3. The molecule has 2 amide bonds. The van der Waals surface area contributed by atoms with E-state index >= 15 is 0 Å². The highest BCUT2D eigenvalue weighted by Crippen LogP contribution is 2.21. The fraction of sp³-hybridized carbons (Fsp3) is 0.386. The van der Waals surface area contributed by atoms with E-state index in [-0.39, 0.29) is 17.6 Å². The van der Waals surface area contributed by atoms with Gasteiger partial charge in [-0.3, -0.25) is 14.4 Å². The van der Waals surface area contributed by atoms with Gasteiger partial charge in [-0.15, -0.1) is 0 Å². The molecular weight excluding hydrogens is 670 g/mol. The monoisotopic (exact) mass is 727 g/mol. The van der Waals surface area contributed by atoms with E-state index in [0.717, 1.165) is 51.4 Å². The number of carbonyl (C=O) groups excluding carboxylic acids is 3. The number of ketones is 1. The number of benzene rings is 2. The topological polar surface area (TPSA) is 96.5 Å². The number of halogens is 1. The number of allylic oxidation sites excluding steroid dienone is 12.